The lowest BCUT2D eigenvalue weighted by molar-refractivity contribution is -0.174. The highest BCUT2D eigenvalue weighted by molar-refractivity contribution is 5.69. The topological polar surface area (TPSA) is 93.9 Å². The lowest BCUT2D eigenvalue weighted by atomic mass is 9.62. The van der Waals surface area contributed by atoms with Crippen molar-refractivity contribution in [2.45, 2.75) is 56.3 Å². The van der Waals surface area contributed by atoms with E-state index in [2.05, 4.69) is 29.4 Å². The Hall–Kier alpha value is -3.65. The van der Waals surface area contributed by atoms with Crippen LogP contribution in [0.1, 0.15) is 48.9 Å². The van der Waals surface area contributed by atoms with Crippen LogP contribution in [0.2, 0.25) is 0 Å². The maximum atomic E-state index is 12.6. The molecule has 0 spiro atoms. The van der Waals surface area contributed by atoms with E-state index in [0.717, 1.165) is 48.1 Å². The van der Waals surface area contributed by atoms with Crippen molar-refractivity contribution in [3.05, 3.63) is 77.6 Å². The molecule has 1 saturated carbocycles. The Bertz CT molecular complexity index is 1240. The molecule has 0 radical (unpaired) electrons. The molecule has 3 aromatic rings. The summed E-state index contributed by atoms with van der Waals surface area (Å²) < 4.78 is 13.5. The maximum Gasteiger partial charge on any atom is 0.410 e. The number of aryl methyl sites for hydroxylation is 1. The van der Waals surface area contributed by atoms with Gasteiger partial charge in [-0.15, -0.1) is 0 Å². The van der Waals surface area contributed by atoms with Crippen molar-refractivity contribution in [3.63, 3.8) is 0 Å². The zero-order valence-corrected chi connectivity index (χ0v) is 21.4. The standard InChI is InChI=1S/C29H33N3O5/c1-31(18-21-6-4-3-5-7-21)27(35)36-19-25-24(17-30-32(25)2)22-8-10-23(11-9-22)28-12-14-29(15-13-28,37-20-28)16-26(33)34/h3-11,17H,12-16,18-20H2,1-2H3,(H,33,34). The highest BCUT2D eigenvalue weighted by atomic mass is 16.6. The molecule has 8 nitrogen and oxygen atoms in total. The van der Waals surface area contributed by atoms with Crippen molar-refractivity contribution in [2.75, 3.05) is 13.7 Å². The second-order valence-electron chi connectivity index (χ2n) is 10.4. The molecule has 3 aliphatic rings. The Labute approximate surface area is 216 Å². The number of carboxylic acid groups (broad SMARTS) is 1. The van der Waals surface area contributed by atoms with E-state index in [9.17, 15) is 14.7 Å². The molecule has 1 amide bonds. The third-order valence-corrected chi connectivity index (χ3v) is 8.02. The molecule has 0 unspecified atom stereocenters. The minimum absolute atomic E-state index is 0.0601. The van der Waals surface area contributed by atoms with Crippen molar-refractivity contribution >= 4 is 12.1 Å². The zero-order valence-electron chi connectivity index (χ0n) is 21.4. The predicted molar refractivity (Wildman–Crippen MR) is 138 cm³/mol. The number of aliphatic carboxylic acids is 1. The second kappa shape index (κ2) is 10.0. The molecule has 1 aromatic heterocycles. The SMILES string of the molecule is CN(Cc1ccccc1)C(=O)OCc1c(-c2ccc(C34CCC(CC(=O)O)(CC3)OC4)cc2)cnn1C. The van der Waals surface area contributed by atoms with Crippen molar-refractivity contribution in [1.29, 1.82) is 0 Å². The molecule has 2 aromatic carbocycles. The van der Waals surface area contributed by atoms with Crippen LogP contribution in [-0.2, 0) is 39.9 Å². The Kier molecular flexibility index (Phi) is 6.77. The molecular weight excluding hydrogens is 470 g/mol. The highest BCUT2D eigenvalue weighted by Crippen LogP contribution is 2.51. The van der Waals surface area contributed by atoms with Gasteiger partial charge in [-0.1, -0.05) is 54.6 Å². The first kappa shape index (κ1) is 25.0. The van der Waals surface area contributed by atoms with Crippen LogP contribution in [-0.4, -0.2) is 51.1 Å². The van der Waals surface area contributed by atoms with Crippen LogP contribution in [0.25, 0.3) is 11.1 Å². The molecule has 1 N–H and O–H groups in total. The fraction of sp³-hybridized carbons (Fsp3) is 0.414. The average molecular weight is 504 g/mol. The van der Waals surface area contributed by atoms with E-state index in [-0.39, 0.29) is 24.5 Å². The molecule has 2 saturated heterocycles. The van der Waals surface area contributed by atoms with Gasteiger partial charge in [0.15, 0.2) is 0 Å². The molecule has 0 atom stereocenters. The Morgan fingerprint density at radius 1 is 1.08 bits per heavy atom. The van der Waals surface area contributed by atoms with Crippen LogP contribution in [0.3, 0.4) is 0 Å². The Morgan fingerprint density at radius 2 is 1.78 bits per heavy atom. The number of benzene rings is 2. The van der Waals surface area contributed by atoms with Gasteiger partial charge >= 0.3 is 12.1 Å². The minimum atomic E-state index is -0.792. The average Bonchev–Trinajstić information content (AvgIpc) is 3.28. The maximum absolute atomic E-state index is 12.6. The van der Waals surface area contributed by atoms with Gasteiger partial charge in [-0.3, -0.25) is 9.48 Å². The fourth-order valence-corrected chi connectivity index (χ4v) is 5.68. The molecule has 1 aliphatic carbocycles. The molecule has 3 heterocycles. The molecule has 3 fully saturated rings. The largest absolute Gasteiger partial charge is 0.481 e. The molecule has 194 valence electrons. The molecule has 2 bridgehead atoms. The Balaban J connectivity index is 1.25. The molecule has 8 heteroatoms. The van der Waals surface area contributed by atoms with E-state index in [0.29, 0.717) is 13.2 Å². The quantitative estimate of drug-likeness (QED) is 0.469. The van der Waals surface area contributed by atoms with E-state index in [4.69, 9.17) is 9.47 Å². The van der Waals surface area contributed by atoms with Gasteiger partial charge in [0, 0.05) is 31.6 Å². The van der Waals surface area contributed by atoms with E-state index < -0.39 is 11.6 Å². The summed E-state index contributed by atoms with van der Waals surface area (Å²) >= 11 is 0. The van der Waals surface area contributed by atoms with Gasteiger partial charge in [0.05, 0.1) is 30.5 Å². The number of carbonyl (C=O) groups is 2. The third kappa shape index (κ3) is 5.11. The van der Waals surface area contributed by atoms with Gasteiger partial charge in [0.1, 0.15) is 6.61 Å². The van der Waals surface area contributed by atoms with E-state index in [1.54, 1.807) is 22.8 Å². The number of hydrogen-bond acceptors (Lipinski definition) is 5. The number of hydrogen-bond donors (Lipinski definition) is 1. The highest BCUT2D eigenvalue weighted by Gasteiger charge is 2.51. The monoisotopic (exact) mass is 503 g/mol. The van der Waals surface area contributed by atoms with Gasteiger partial charge in [-0.2, -0.15) is 5.10 Å². The van der Waals surface area contributed by atoms with Gasteiger partial charge in [0.25, 0.3) is 0 Å². The van der Waals surface area contributed by atoms with Crippen molar-refractivity contribution in [1.82, 2.24) is 14.7 Å². The summed E-state index contributed by atoms with van der Waals surface area (Å²) in [4.78, 5) is 25.4. The summed E-state index contributed by atoms with van der Waals surface area (Å²) in [7, 11) is 3.57. The summed E-state index contributed by atoms with van der Waals surface area (Å²) in [6.45, 7) is 1.15. The summed E-state index contributed by atoms with van der Waals surface area (Å²) in [6.07, 6.45) is 4.91. The van der Waals surface area contributed by atoms with E-state index in [1.165, 1.54) is 5.56 Å². The normalized spacial score (nSPS) is 22.5. The van der Waals surface area contributed by atoms with Crippen LogP contribution < -0.4 is 0 Å². The molecule has 6 rings (SSSR count). The van der Waals surface area contributed by atoms with Gasteiger partial charge in [0.2, 0.25) is 0 Å². The third-order valence-electron chi connectivity index (χ3n) is 8.02. The van der Waals surface area contributed by atoms with Crippen LogP contribution in [0.4, 0.5) is 4.79 Å². The summed E-state index contributed by atoms with van der Waals surface area (Å²) in [5, 5.41) is 13.7. The number of rotatable bonds is 8. The summed E-state index contributed by atoms with van der Waals surface area (Å²) in [5.41, 5.74) is 4.46. The van der Waals surface area contributed by atoms with Crippen LogP contribution >= 0.6 is 0 Å². The first-order valence-corrected chi connectivity index (χ1v) is 12.7. The lowest BCUT2D eigenvalue weighted by Gasteiger charge is -2.53. The molecule has 37 heavy (non-hydrogen) atoms. The van der Waals surface area contributed by atoms with Crippen LogP contribution in [0.5, 0.6) is 0 Å². The van der Waals surface area contributed by atoms with Gasteiger partial charge in [-0.05, 0) is 42.4 Å². The van der Waals surface area contributed by atoms with E-state index in [1.807, 2.05) is 37.4 Å². The molecular formula is C29H33N3O5. The van der Waals surface area contributed by atoms with Gasteiger partial charge < -0.3 is 19.5 Å². The smallest absolute Gasteiger partial charge is 0.410 e. The number of carboxylic acids is 1. The lowest BCUT2D eigenvalue weighted by Crippen LogP contribution is -2.54. The van der Waals surface area contributed by atoms with Crippen molar-refractivity contribution in [3.8, 4) is 11.1 Å². The van der Waals surface area contributed by atoms with Crippen LogP contribution in [0, 0.1) is 0 Å². The number of aromatic nitrogens is 2. The number of ether oxygens (including phenoxy) is 2. The fourth-order valence-electron chi connectivity index (χ4n) is 5.68. The predicted octanol–water partition coefficient (Wildman–Crippen LogP) is 4.91. The number of nitrogens with zero attached hydrogens (tertiary/aromatic N) is 3. The molecule has 2 aliphatic heterocycles. The zero-order chi connectivity index (χ0) is 26.0. The van der Waals surface area contributed by atoms with Crippen molar-refractivity contribution in [2.24, 2.45) is 7.05 Å². The minimum Gasteiger partial charge on any atom is -0.481 e. The number of carbonyl (C=O) groups excluding carboxylic acids is 1. The van der Waals surface area contributed by atoms with Gasteiger partial charge in [-0.25, -0.2) is 4.79 Å². The summed E-state index contributed by atoms with van der Waals surface area (Å²) in [6, 6.07) is 18.3. The second-order valence-corrected chi connectivity index (χ2v) is 10.4. The summed E-state index contributed by atoms with van der Waals surface area (Å²) in [5.74, 6) is -0.792. The number of fused-ring (bicyclic) bond motifs is 3. The Morgan fingerprint density at radius 3 is 2.41 bits per heavy atom. The van der Waals surface area contributed by atoms with Crippen molar-refractivity contribution < 1.29 is 24.2 Å². The number of amides is 1. The van der Waals surface area contributed by atoms with Crippen LogP contribution in [0.15, 0.2) is 60.8 Å². The first-order chi connectivity index (χ1) is 17.8. The first-order valence-electron chi connectivity index (χ1n) is 12.7. The van der Waals surface area contributed by atoms with E-state index >= 15 is 0 Å².